The van der Waals surface area contributed by atoms with Crippen molar-refractivity contribution in [1.29, 1.82) is 0 Å². The highest BCUT2D eigenvalue weighted by Crippen LogP contribution is 2.11. The summed E-state index contributed by atoms with van der Waals surface area (Å²) in [5.74, 6) is 0.165. The lowest BCUT2D eigenvalue weighted by Gasteiger charge is -2.12. The molecule has 0 radical (unpaired) electrons. The minimum atomic E-state index is -3.61. The molecule has 0 bridgehead atoms. The number of hydrogen-bond acceptors (Lipinski definition) is 5. The third-order valence-electron chi connectivity index (χ3n) is 2.55. The fraction of sp³-hybridized carbons (Fsp3) is 0.214. The second kappa shape index (κ2) is 6.49. The zero-order chi connectivity index (χ0) is 14.4. The van der Waals surface area contributed by atoms with Crippen LogP contribution in [0, 0.1) is 0 Å². The molecule has 5 nitrogen and oxygen atoms in total. The van der Waals surface area contributed by atoms with Crippen LogP contribution in [0.1, 0.15) is 0 Å². The van der Waals surface area contributed by atoms with Crippen LogP contribution in [0.5, 0.6) is 5.75 Å². The number of nitrogens with zero attached hydrogens (tertiary/aromatic N) is 1. The van der Waals surface area contributed by atoms with Crippen LogP contribution in [0.3, 0.4) is 0 Å². The number of pyridine rings is 1. The van der Waals surface area contributed by atoms with Crippen LogP contribution in [0.2, 0.25) is 0 Å². The monoisotopic (exact) mass is 293 g/mol. The van der Waals surface area contributed by atoms with Crippen molar-refractivity contribution in [3.05, 3.63) is 54.7 Å². The molecule has 20 heavy (non-hydrogen) atoms. The van der Waals surface area contributed by atoms with Crippen molar-refractivity contribution in [2.24, 2.45) is 0 Å². The predicted molar refractivity (Wildman–Crippen MR) is 74.2 cm³/mol. The average Bonchev–Trinajstić information content (AvgIpc) is 2.47. The van der Waals surface area contributed by atoms with Crippen molar-refractivity contribution in [1.82, 2.24) is 4.98 Å². The van der Waals surface area contributed by atoms with Gasteiger partial charge in [0.25, 0.3) is 0 Å². The van der Waals surface area contributed by atoms with Crippen LogP contribution in [0.25, 0.3) is 0 Å². The number of benzene rings is 1. The first kappa shape index (κ1) is 14.5. The van der Waals surface area contributed by atoms with Gasteiger partial charge in [-0.05, 0) is 24.3 Å². The van der Waals surface area contributed by atoms with E-state index >= 15 is 0 Å². The second-order valence-electron chi connectivity index (χ2n) is 4.23. The number of aromatic nitrogens is 1. The lowest BCUT2D eigenvalue weighted by Crippen LogP contribution is -2.27. The average molecular weight is 293 g/mol. The lowest BCUT2D eigenvalue weighted by atomic mass is 10.3. The van der Waals surface area contributed by atoms with Crippen LogP contribution >= 0.6 is 0 Å². The van der Waals surface area contributed by atoms with E-state index in [2.05, 4.69) is 4.98 Å². The maximum absolute atomic E-state index is 12.0. The Kier molecular flexibility index (Phi) is 4.70. The molecule has 0 aliphatic heterocycles. The number of ether oxygens (including phenoxy) is 1. The van der Waals surface area contributed by atoms with Gasteiger partial charge in [-0.1, -0.05) is 24.3 Å². The minimum Gasteiger partial charge on any atom is -0.491 e. The van der Waals surface area contributed by atoms with E-state index in [1.165, 1.54) is 12.3 Å². The summed E-state index contributed by atoms with van der Waals surface area (Å²) in [6, 6.07) is 13.5. The molecule has 6 heteroatoms. The highest BCUT2D eigenvalue weighted by atomic mass is 32.2. The van der Waals surface area contributed by atoms with Gasteiger partial charge in [-0.15, -0.1) is 0 Å². The van der Waals surface area contributed by atoms with E-state index in [0.717, 1.165) is 0 Å². The molecule has 0 aliphatic rings. The first-order valence-electron chi connectivity index (χ1n) is 6.07. The Balaban J connectivity index is 1.93. The molecule has 0 saturated carbocycles. The summed E-state index contributed by atoms with van der Waals surface area (Å²) >= 11 is 0. The molecule has 0 aliphatic carbocycles. The fourth-order valence-corrected chi connectivity index (χ4v) is 2.91. The van der Waals surface area contributed by atoms with Crippen LogP contribution in [-0.2, 0) is 9.84 Å². The van der Waals surface area contributed by atoms with E-state index in [9.17, 15) is 13.5 Å². The largest absolute Gasteiger partial charge is 0.491 e. The summed E-state index contributed by atoms with van der Waals surface area (Å²) in [5, 5.41) is 9.73. The molecular formula is C14H15NO4S. The molecule has 106 valence electrons. The van der Waals surface area contributed by atoms with Gasteiger partial charge in [-0.25, -0.2) is 13.4 Å². The molecule has 2 aromatic rings. The normalized spacial score (nSPS) is 12.8. The van der Waals surface area contributed by atoms with Crippen molar-refractivity contribution in [3.63, 3.8) is 0 Å². The predicted octanol–water partition coefficient (Wildman–Crippen LogP) is 1.30. The molecule has 1 N–H and O–H groups in total. The van der Waals surface area contributed by atoms with Crippen LogP contribution in [0.15, 0.2) is 59.8 Å². The van der Waals surface area contributed by atoms with Crippen molar-refractivity contribution in [2.45, 2.75) is 11.1 Å². The Morgan fingerprint density at radius 3 is 2.45 bits per heavy atom. The number of para-hydroxylation sites is 1. The topological polar surface area (TPSA) is 76.5 Å². The molecule has 1 aromatic heterocycles. The van der Waals surface area contributed by atoms with Gasteiger partial charge in [-0.2, -0.15) is 0 Å². The van der Waals surface area contributed by atoms with Gasteiger partial charge in [0.15, 0.2) is 14.9 Å². The molecule has 0 fully saturated rings. The SMILES string of the molecule is O=S(=O)(C[C@@H](O)COc1ccccc1)c1ccccn1. The Morgan fingerprint density at radius 1 is 1.10 bits per heavy atom. The van der Waals surface area contributed by atoms with E-state index in [1.54, 1.807) is 36.4 Å². The van der Waals surface area contributed by atoms with Crippen LogP contribution in [0.4, 0.5) is 0 Å². The highest BCUT2D eigenvalue weighted by molar-refractivity contribution is 7.91. The Labute approximate surface area is 117 Å². The summed E-state index contributed by atoms with van der Waals surface area (Å²) in [6.45, 7) is -0.0872. The summed E-state index contributed by atoms with van der Waals surface area (Å²) < 4.78 is 29.3. The maximum Gasteiger partial charge on any atom is 0.198 e. The summed E-state index contributed by atoms with van der Waals surface area (Å²) in [4.78, 5) is 3.78. The number of rotatable bonds is 6. The molecule has 0 saturated heterocycles. The summed E-state index contributed by atoms with van der Waals surface area (Å²) in [6.07, 6.45) is 0.293. The maximum atomic E-state index is 12.0. The highest BCUT2D eigenvalue weighted by Gasteiger charge is 2.21. The number of aliphatic hydroxyl groups is 1. The first-order chi connectivity index (χ1) is 9.58. The molecule has 0 unspecified atom stereocenters. The third-order valence-corrected chi connectivity index (χ3v) is 4.26. The van der Waals surface area contributed by atoms with Crippen molar-refractivity contribution < 1.29 is 18.3 Å². The van der Waals surface area contributed by atoms with Gasteiger partial charge in [-0.3, -0.25) is 0 Å². The van der Waals surface area contributed by atoms with Gasteiger partial charge in [0.05, 0.1) is 5.75 Å². The van der Waals surface area contributed by atoms with Crippen molar-refractivity contribution >= 4 is 9.84 Å². The van der Waals surface area contributed by atoms with E-state index in [-0.39, 0.29) is 11.6 Å². The van der Waals surface area contributed by atoms with Crippen LogP contribution in [-0.4, -0.2) is 37.0 Å². The summed E-state index contributed by atoms with van der Waals surface area (Å²) in [5.41, 5.74) is 0. The number of sulfone groups is 1. The molecule has 1 aromatic carbocycles. The van der Waals surface area contributed by atoms with E-state index in [0.29, 0.717) is 5.75 Å². The smallest absolute Gasteiger partial charge is 0.198 e. The van der Waals surface area contributed by atoms with E-state index in [1.807, 2.05) is 6.07 Å². The van der Waals surface area contributed by atoms with Gasteiger partial charge < -0.3 is 9.84 Å². The molecule has 1 heterocycles. The fourth-order valence-electron chi connectivity index (χ4n) is 1.63. The molecular weight excluding hydrogens is 278 g/mol. The van der Waals surface area contributed by atoms with E-state index in [4.69, 9.17) is 4.74 Å². The molecule has 0 amide bonds. The standard InChI is InChI=1S/C14H15NO4S/c16-12(10-19-13-6-2-1-3-7-13)11-20(17,18)14-8-4-5-9-15-14/h1-9,12,16H,10-11H2/t12-/m0/s1. The Bertz CT molecular complexity index is 629. The van der Waals surface area contributed by atoms with Gasteiger partial charge in [0.2, 0.25) is 0 Å². The molecule has 0 spiro atoms. The Hall–Kier alpha value is -1.92. The molecule has 2 rings (SSSR count). The molecule has 1 atom stereocenters. The number of aliphatic hydroxyl groups excluding tert-OH is 1. The van der Waals surface area contributed by atoms with Crippen molar-refractivity contribution in [2.75, 3.05) is 12.4 Å². The third kappa shape index (κ3) is 4.04. The second-order valence-corrected chi connectivity index (χ2v) is 6.21. The van der Waals surface area contributed by atoms with Gasteiger partial charge in [0.1, 0.15) is 18.5 Å². The summed E-state index contributed by atoms with van der Waals surface area (Å²) in [7, 11) is -3.61. The lowest BCUT2D eigenvalue weighted by molar-refractivity contribution is 0.125. The first-order valence-corrected chi connectivity index (χ1v) is 7.73. The minimum absolute atomic E-state index is 0.0428. The number of hydrogen-bond donors (Lipinski definition) is 1. The van der Waals surface area contributed by atoms with Crippen LogP contribution < -0.4 is 4.74 Å². The van der Waals surface area contributed by atoms with Gasteiger partial charge >= 0.3 is 0 Å². The zero-order valence-corrected chi connectivity index (χ0v) is 11.5. The van der Waals surface area contributed by atoms with Crippen molar-refractivity contribution in [3.8, 4) is 5.75 Å². The Morgan fingerprint density at radius 2 is 1.80 bits per heavy atom. The van der Waals surface area contributed by atoms with Gasteiger partial charge in [0, 0.05) is 6.20 Å². The zero-order valence-electron chi connectivity index (χ0n) is 10.7. The quantitative estimate of drug-likeness (QED) is 0.868. The van der Waals surface area contributed by atoms with E-state index < -0.39 is 21.7 Å².